The summed E-state index contributed by atoms with van der Waals surface area (Å²) in [5.74, 6) is 1.22. The van der Waals surface area contributed by atoms with E-state index >= 15 is 0 Å². The van der Waals surface area contributed by atoms with Crippen molar-refractivity contribution >= 4 is 75.9 Å². The summed E-state index contributed by atoms with van der Waals surface area (Å²) in [5.41, 5.74) is 6.48. The number of fused-ring (bicyclic) bond motifs is 12. The molecule has 0 spiro atoms. The third-order valence-corrected chi connectivity index (χ3v) is 10.3. The highest BCUT2D eigenvalue weighted by Crippen LogP contribution is 2.38. The summed E-state index contributed by atoms with van der Waals surface area (Å²) in [5, 5.41) is 12.2. The molecule has 3 heterocycles. The van der Waals surface area contributed by atoms with Crippen molar-refractivity contribution in [2.45, 2.75) is 0 Å². The van der Waals surface area contributed by atoms with Gasteiger partial charge in [0.1, 0.15) is 6.33 Å². The molecule has 0 radical (unpaired) electrons. The van der Waals surface area contributed by atoms with E-state index in [0.29, 0.717) is 11.8 Å². The first-order valence-corrected chi connectivity index (χ1v) is 16.9. The predicted molar refractivity (Wildman–Crippen MR) is 206 cm³/mol. The van der Waals surface area contributed by atoms with Crippen LogP contribution in [0, 0.1) is 0 Å². The van der Waals surface area contributed by atoms with Crippen LogP contribution in [0.25, 0.3) is 99.0 Å². The third-order valence-electron chi connectivity index (χ3n) is 10.3. The van der Waals surface area contributed by atoms with E-state index in [0.717, 1.165) is 33.1 Å². The normalized spacial score (nSPS) is 12.0. The molecular formula is C45H27N5. The van der Waals surface area contributed by atoms with Gasteiger partial charge in [0, 0.05) is 32.8 Å². The van der Waals surface area contributed by atoms with Crippen molar-refractivity contribution in [1.82, 2.24) is 24.1 Å². The molecule has 5 heteroatoms. The van der Waals surface area contributed by atoms with Gasteiger partial charge in [0.2, 0.25) is 5.95 Å². The quantitative estimate of drug-likeness (QED) is 0.181. The molecule has 3 aromatic heterocycles. The summed E-state index contributed by atoms with van der Waals surface area (Å²) >= 11 is 0. The first-order chi connectivity index (χ1) is 24.8. The van der Waals surface area contributed by atoms with Crippen LogP contribution >= 0.6 is 0 Å². The van der Waals surface area contributed by atoms with Crippen molar-refractivity contribution in [3.8, 4) is 23.0 Å². The van der Waals surface area contributed by atoms with Gasteiger partial charge in [-0.25, -0.2) is 9.97 Å². The Bertz CT molecular complexity index is 3080. The van der Waals surface area contributed by atoms with Gasteiger partial charge in [0.05, 0.1) is 22.1 Å². The van der Waals surface area contributed by atoms with Gasteiger partial charge in [-0.3, -0.25) is 4.57 Å². The Balaban J connectivity index is 1.14. The molecule has 0 unspecified atom stereocenters. The van der Waals surface area contributed by atoms with Crippen LogP contribution in [0.5, 0.6) is 0 Å². The zero-order valence-corrected chi connectivity index (χ0v) is 26.8. The molecule has 11 rings (SSSR count). The van der Waals surface area contributed by atoms with E-state index in [4.69, 9.17) is 15.0 Å². The molecule has 0 atom stereocenters. The smallest absolute Gasteiger partial charge is 0.238 e. The standard InChI is InChI=1S/C45H27N5/c1-2-13-32-30(11-1)31-12-3-4-14-33(31)39-25-28(21-23-34(32)39)44-46-27-47-45(48-44)50-42-20-10-7-17-37(42)38-24-22-29(26-43(38)50)49-40-18-8-5-15-35(40)36-16-6-9-19-41(36)49/h1-27H. The number of nitrogens with zero attached hydrogens (tertiary/aromatic N) is 5. The van der Waals surface area contributed by atoms with Crippen molar-refractivity contribution in [3.63, 3.8) is 0 Å². The maximum Gasteiger partial charge on any atom is 0.238 e. The van der Waals surface area contributed by atoms with Gasteiger partial charge in [0.25, 0.3) is 0 Å². The SMILES string of the molecule is c1ccc2c(c1)c1ccccc1c1cc(-c3ncnc(-n4c5ccccc5c5ccc(-n6c7ccccc7c7ccccc76)cc54)n3)ccc21. The number of rotatable bonds is 3. The van der Waals surface area contributed by atoms with Crippen LogP contribution in [0.4, 0.5) is 0 Å². The molecule has 0 amide bonds. The zero-order valence-electron chi connectivity index (χ0n) is 26.8. The Morgan fingerprint density at radius 2 is 0.800 bits per heavy atom. The van der Waals surface area contributed by atoms with Crippen LogP contribution in [0.1, 0.15) is 0 Å². The molecule has 0 saturated heterocycles. The lowest BCUT2D eigenvalue weighted by Gasteiger charge is -2.12. The summed E-state index contributed by atoms with van der Waals surface area (Å²) in [6, 6.07) is 56.3. The van der Waals surface area contributed by atoms with E-state index in [1.807, 2.05) is 0 Å². The van der Waals surface area contributed by atoms with Crippen molar-refractivity contribution < 1.29 is 0 Å². The highest BCUT2D eigenvalue weighted by atomic mass is 15.2. The molecule has 0 fully saturated rings. The molecule has 0 bridgehead atoms. The van der Waals surface area contributed by atoms with E-state index < -0.39 is 0 Å². The van der Waals surface area contributed by atoms with Gasteiger partial charge >= 0.3 is 0 Å². The number of hydrogen-bond acceptors (Lipinski definition) is 3. The fourth-order valence-corrected chi connectivity index (χ4v) is 8.10. The fraction of sp³-hybridized carbons (Fsp3) is 0. The first kappa shape index (κ1) is 27.1. The zero-order chi connectivity index (χ0) is 32.8. The monoisotopic (exact) mass is 637 g/mol. The number of aromatic nitrogens is 5. The van der Waals surface area contributed by atoms with Crippen molar-refractivity contribution in [2.75, 3.05) is 0 Å². The Labute approximate surface area is 286 Å². The Morgan fingerprint density at radius 3 is 1.40 bits per heavy atom. The summed E-state index contributed by atoms with van der Waals surface area (Å²) in [6.45, 7) is 0. The molecule has 0 aliphatic rings. The Kier molecular flexibility index (Phi) is 5.60. The van der Waals surface area contributed by atoms with Crippen molar-refractivity contribution in [2.24, 2.45) is 0 Å². The van der Waals surface area contributed by atoms with Crippen LogP contribution in [0.15, 0.2) is 164 Å². The minimum absolute atomic E-state index is 0.587. The summed E-state index contributed by atoms with van der Waals surface area (Å²) in [7, 11) is 0. The number of benzene rings is 8. The van der Waals surface area contributed by atoms with Crippen LogP contribution in [0.2, 0.25) is 0 Å². The van der Waals surface area contributed by atoms with E-state index in [1.165, 1.54) is 54.1 Å². The van der Waals surface area contributed by atoms with Gasteiger partial charge in [0.15, 0.2) is 5.82 Å². The molecule has 8 aromatic carbocycles. The predicted octanol–water partition coefficient (Wildman–Crippen LogP) is 11.2. The van der Waals surface area contributed by atoms with E-state index in [-0.39, 0.29) is 0 Å². The number of para-hydroxylation sites is 3. The molecule has 0 saturated carbocycles. The molecule has 232 valence electrons. The lowest BCUT2D eigenvalue weighted by Crippen LogP contribution is -2.04. The van der Waals surface area contributed by atoms with Crippen molar-refractivity contribution in [1.29, 1.82) is 0 Å². The minimum Gasteiger partial charge on any atom is -0.309 e. The molecule has 0 N–H and O–H groups in total. The highest BCUT2D eigenvalue weighted by Gasteiger charge is 2.18. The second kappa shape index (κ2) is 10.3. The van der Waals surface area contributed by atoms with Gasteiger partial charge in [-0.05, 0) is 68.7 Å². The summed E-state index contributed by atoms with van der Waals surface area (Å²) in [6.07, 6.45) is 1.64. The van der Waals surface area contributed by atoms with Crippen molar-refractivity contribution in [3.05, 3.63) is 164 Å². The van der Waals surface area contributed by atoms with Crippen LogP contribution in [0.3, 0.4) is 0 Å². The molecule has 50 heavy (non-hydrogen) atoms. The lowest BCUT2D eigenvalue weighted by atomic mass is 9.93. The average Bonchev–Trinajstić information content (AvgIpc) is 3.70. The lowest BCUT2D eigenvalue weighted by molar-refractivity contribution is 0.946. The average molecular weight is 638 g/mol. The first-order valence-electron chi connectivity index (χ1n) is 16.9. The van der Waals surface area contributed by atoms with E-state index in [2.05, 4.69) is 167 Å². The third kappa shape index (κ3) is 3.80. The Hall–Kier alpha value is -6.85. The van der Waals surface area contributed by atoms with Gasteiger partial charge in [-0.2, -0.15) is 4.98 Å². The van der Waals surface area contributed by atoms with E-state index in [1.54, 1.807) is 6.33 Å². The summed E-state index contributed by atoms with van der Waals surface area (Å²) in [4.78, 5) is 14.7. The largest absolute Gasteiger partial charge is 0.309 e. The Morgan fingerprint density at radius 1 is 0.340 bits per heavy atom. The number of hydrogen-bond donors (Lipinski definition) is 0. The minimum atomic E-state index is 0.587. The maximum absolute atomic E-state index is 5.16. The van der Waals surface area contributed by atoms with Crippen LogP contribution < -0.4 is 0 Å². The molecular weight excluding hydrogens is 611 g/mol. The summed E-state index contributed by atoms with van der Waals surface area (Å²) < 4.78 is 4.53. The molecule has 11 aromatic rings. The topological polar surface area (TPSA) is 48.5 Å². The molecule has 0 aliphatic heterocycles. The second-order valence-corrected chi connectivity index (χ2v) is 12.9. The van der Waals surface area contributed by atoms with Crippen LogP contribution in [-0.2, 0) is 0 Å². The van der Waals surface area contributed by atoms with E-state index in [9.17, 15) is 0 Å². The fourth-order valence-electron chi connectivity index (χ4n) is 8.10. The second-order valence-electron chi connectivity index (χ2n) is 12.9. The maximum atomic E-state index is 5.16. The van der Waals surface area contributed by atoms with Crippen LogP contribution in [-0.4, -0.2) is 24.1 Å². The molecule has 0 aliphatic carbocycles. The van der Waals surface area contributed by atoms with Gasteiger partial charge in [-0.1, -0.05) is 121 Å². The van der Waals surface area contributed by atoms with Gasteiger partial charge < -0.3 is 4.57 Å². The van der Waals surface area contributed by atoms with Gasteiger partial charge in [-0.15, -0.1) is 0 Å². The highest BCUT2D eigenvalue weighted by molar-refractivity contribution is 6.25. The molecule has 5 nitrogen and oxygen atoms in total.